The molecule has 106 valence electrons. The molecule has 1 fully saturated rings. The molecule has 2 amide bonds. The zero-order valence-corrected chi connectivity index (χ0v) is 11.7. The summed E-state index contributed by atoms with van der Waals surface area (Å²) in [4.78, 5) is 13.8. The van der Waals surface area contributed by atoms with Gasteiger partial charge in [-0.1, -0.05) is 0 Å². The summed E-state index contributed by atoms with van der Waals surface area (Å²) >= 11 is 0. The van der Waals surface area contributed by atoms with Gasteiger partial charge in [-0.3, -0.25) is 0 Å². The van der Waals surface area contributed by atoms with Crippen molar-refractivity contribution in [3.63, 3.8) is 0 Å². The van der Waals surface area contributed by atoms with Crippen LogP contribution in [0, 0.1) is 5.41 Å². The van der Waals surface area contributed by atoms with Crippen LogP contribution in [0.4, 0.5) is 4.79 Å². The Morgan fingerprint density at radius 3 is 2.83 bits per heavy atom. The second kappa shape index (κ2) is 6.95. The van der Waals surface area contributed by atoms with E-state index in [0.717, 1.165) is 25.8 Å². The maximum absolute atomic E-state index is 12.0. The molecule has 0 aliphatic carbocycles. The van der Waals surface area contributed by atoms with Crippen LogP contribution in [0.1, 0.15) is 33.1 Å². The number of carbonyl (C=O) groups is 1. The normalized spacial score (nSPS) is 24.4. The Hall–Kier alpha value is -0.810. The molecule has 0 bridgehead atoms. The molecule has 1 aliphatic rings. The van der Waals surface area contributed by atoms with Gasteiger partial charge in [0, 0.05) is 38.3 Å². The highest BCUT2D eigenvalue weighted by Crippen LogP contribution is 2.33. The van der Waals surface area contributed by atoms with Crippen molar-refractivity contribution in [1.82, 2.24) is 10.2 Å². The van der Waals surface area contributed by atoms with E-state index in [0.29, 0.717) is 13.2 Å². The van der Waals surface area contributed by atoms with E-state index in [1.807, 2.05) is 18.7 Å². The first-order valence-corrected chi connectivity index (χ1v) is 6.68. The van der Waals surface area contributed by atoms with Crippen LogP contribution in [0.25, 0.3) is 0 Å². The minimum atomic E-state index is -0.192. The molecule has 0 aromatic heterocycles. The van der Waals surface area contributed by atoms with Crippen LogP contribution < -0.4 is 5.32 Å². The van der Waals surface area contributed by atoms with Crippen LogP contribution in [0.3, 0.4) is 0 Å². The topological polar surface area (TPSA) is 61.8 Å². The van der Waals surface area contributed by atoms with Gasteiger partial charge in [-0.05, 0) is 33.1 Å². The van der Waals surface area contributed by atoms with Gasteiger partial charge in [0.05, 0.1) is 6.61 Å². The van der Waals surface area contributed by atoms with Gasteiger partial charge in [0.25, 0.3) is 0 Å². The molecule has 0 radical (unpaired) electrons. The highest BCUT2D eigenvalue weighted by atomic mass is 16.5. The van der Waals surface area contributed by atoms with Crippen LogP contribution in [-0.4, -0.2) is 55.5 Å². The van der Waals surface area contributed by atoms with Crippen molar-refractivity contribution >= 4 is 6.03 Å². The quantitative estimate of drug-likeness (QED) is 0.779. The van der Waals surface area contributed by atoms with Crippen LogP contribution in [0.2, 0.25) is 0 Å². The molecule has 0 aromatic carbocycles. The number of amides is 2. The zero-order chi connectivity index (χ0) is 13.6. The van der Waals surface area contributed by atoms with Crippen LogP contribution in [0.5, 0.6) is 0 Å². The van der Waals surface area contributed by atoms with Crippen LogP contribution >= 0.6 is 0 Å². The lowest BCUT2D eigenvalue weighted by Crippen LogP contribution is -2.52. The molecule has 0 unspecified atom stereocenters. The highest BCUT2D eigenvalue weighted by molar-refractivity contribution is 5.74. The number of likely N-dealkylation sites (tertiary alicyclic amines) is 1. The Morgan fingerprint density at radius 2 is 2.28 bits per heavy atom. The Balaban J connectivity index is 2.60. The smallest absolute Gasteiger partial charge is 0.317 e. The number of urea groups is 1. The van der Waals surface area contributed by atoms with Gasteiger partial charge in [-0.15, -0.1) is 0 Å². The molecule has 0 spiro atoms. The van der Waals surface area contributed by atoms with E-state index in [9.17, 15) is 9.90 Å². The van der Waals surface area contributed by atoms with E-state index in [1.54, 1.807) is 7.11 Å². The van der Waals surface area contributed by atoms with Gasteiger partial charge in [0.15, 0.2) is 0 Å². The minimum absolute atomic E-state index is 0.0278. The van der Waals surface area contributed by atoms with Gasteiger partial charge < -0.3 is 20.1 Å². The molecule has 0 aromatic rings. The third kappa shape index (κ3) is 4.14. The van der Waals surface area contributed by atoms with E-state index in [4.69, 9.17) is 4.74 Å². The summed E-state index contributed by atoms with van der Waals surface area (Å²) in [6.45, 7) is 6.03. The van der Waals surface area contributed by atoms with E-state index in [2.05, 4.69) is 5.32 Å². The maximum atomic E-state index is 12.0. The number of carbonyl (C=O) groups excluding carboxylic acids is 1. The number of piperidine rings is 1. The van der Waals surface area contributed by atoms with Gasteiger partial charge >= 0.3 is 6.03 Å². The lowest BCUT2D eigenvalue weighted by molar-refractivity contribution is 0.0198. The van der Waals surface area contributed by atoms with Crippen molar-refractivity contribution in [1.29, 1.82) is 0 Å². The fraction of sp³-hybridized carbons (Fsp3) is 0.923. The van der Waals surface area contributed by atoms with Crippen molar-refractivity contribution in [2.75, 3.05) is 33.4 Å². The van der Waals surface area contributed by atoms with Crippen molar-refractivity contribution < 1.29 is 14.6 Å². The standard InChI is InChI=1S/C13H26N2O3/c1-11(2)14-12(17)15-7-4-5-13(9-15,10-16)6-8-18-3/h11,16H,4-10H2,1-3H3,(H,14,17)/t13-/m0/s1. The molecule has 5 nitrogen and oxygen atoms in total. The predicted octanol–water partition coefficient (Wildman–Crippen LogP) is 1.22. The molecule has 1 saturated heterocycles. The summed E-state index contributed by atoms with van der Waals surface area (Å²) in [5.74, 6) is 0. The molecular formula is C13H26N2O3. The van der Waals surface area contributed by atoms with Crippen LogP contribution in [0.15, 0.2) is 0 Å². The third-order valence-corrected chi connectivity index (χ3v) is 3.53. The fourth-order valence-corrected chi connectivity index (χ4v) is 2.45. The Labute approximate surface area is 109 Å². The average molecular weight is 258 g/mol. The Kier molecular flexibility index (Phi) is 5.88. The predicted molar refractivity (Wildman–Crippen MR) is 70.5 cm³/mol. The number of hydrogen-bond acceptors (Lipinski definition) is 3. The first kappa shape index (κ1) is 15.2. The zero-order valence-electron chi connectivity index (χ0n) is 11.7. The van der Waals surface area contributed by atoms with Crippen molar-refractivity contribution in [3.8, 4) is 0 Å². The summed E-state index contributed by atoms with van der Waals surface area (Å²) in [5.41, 5.74) is -0.192. The number of methoxy groups -OCH3 is 1. The van der Waals surface area contributed by atoms with E-state index >= 15 is 0 Å². The number of nitrogens with zero attached hydrogens (tertiary/aromatic N) is 1. The summed E-state index contributed by atoms with van der Waals surface area (Å²) < 4.78 is 5.10. The Morgan fingerprint density at radius 1 is 1.56 bits per heavy atom. The minimum Gasteiger partial charge on any atom is -0.396 e. The average Bonchev–Trinajstić information content (AvgIpc) is 2.36. The lowest BCUT2D eigenvalue weighted by Gasteiger charge is -2.42. The van der Waals surface area contributed by atoms with E-state index in [-0.39, 0.29) is 24.1 Å². The number of rotatable bonds is 5. The third-order valence-electron chi connectivity index (χ3n) is 3.53. The first-order valence-electron chi connectivity index (χ1n) is 6.68. The Bertz CT molecular complexity index is 271. The largest absolute Gasteiger partial charge is 0.396 e. The number of ether oxygens (including phenoxy) is 1. The SMILES string of the molecule is COCC[C@@]1(CO)CCCN(C(=O)NC(C)C)C1. The number of nitrogens with one attached hydrogen (secondary N) is 1. The van der Waals surface area contributed by atoms with Crippen molar-refractivity contribution in [3.05, 3.63) is 0 Å². The highest BCUT2D eigenvalue weighted by Gasteiger charge is 2.36. The lowest BCUT2D eigenvalue weighted by atomic mass is 9.78. The van der Waals surface area contributed by atoms with E-state index in [1.165, 1.54) is 0 Å². The summed E-state index contributed by atoms with van der Waals surface area (Å²) in [7, 11) is 1.66. The number of aliphatic hydroxyl groups is 1. The first-order chi connectivity index (χ1) is 8.53. The molecule has 5 heteroatoms. The molecular weight excluding hydrogens is 232 g/mol. The molecule has 0 saturated carbocycles. The van der Waals surface area contributed by atoms with Gasteiger partial charge in [-0.25, -0.2) is 4.79 Å². The maximum Gasteiger partial charge on any atom is 0.317 e. The molecule has 1 aliphatic heterocycles. The van der Waals surface area contributed by atoms with Gasteiger partial charge in [-0.2, -0.15) is 0 Å². The monoisotopic (exact) mass is 258 g/mol. The molecule has 1 heterocycles. The molecule has 1 atom stereocenters. The second-order valence-electron chi connectivity index (χ2n) is 5.53. The van der Waals surface area contributed by atoms with Gasteiger partial charge in [0.1, 0.15) is 0 Å². The van der Waals surface area contributed by atoms with Crippen molar-refractivity contribution in [2.45, 2.75) is 39.2 Å². The summed E-state index contributed by atoms with van der Waals surface area (Å²) in [5, 5.41) is 12.5. The molecule has 18 heavy (non-hydrogen) atoms. The molecule has 1 rings (SSSR count). The van der Waals surface area contributed by atoms with E-state index < -0.39 is 0 Å². The molecule has 2 N–H and O–H groups in total. The van der Waals surface area contributed by atoms with Gasteiger partial charge in [0.2, 0.25) is 0 Å². The number of hydrogen-bond donors (Lipinski definition) is 2. The van der Waals surface area contributed by atoms with Crippen LogP contribution in [-0.2, 0) is 4.74 Å². The summed E-state index contributed by atoms with van der Waals surface area (Å²) in [6.07, 6.45) is 2.69. The fourth-order valence-electron chi connectivity index (χ4n) is 2.45. The summed E-state index contributed by atoms with van der Waals surface area (Å²) in [6, 6.07) is 0.113. The second-order valence-corrected chi connectivity index (χ2v) is 5.53. The van der Waals surface area contributed by atoms with Crippen molar-refractivity contribution in [2.24, 2.45) is 5.41 Å². The number of aliphatic hydroxyl groups excluding tert-OH is 1.